The average molecular weight is 189 g/mol. The Morgan fingerprint density at radius 1 is 1.33 bits per heavy atom. The maximum absolute atomic E-state index is 3.55. The highest BCUT2D eigenvalue weighted by atomic mass is 32.2. The van der Waals surface area contributed by atoms with Crippen molar-refractivity contribution in [3.63, 3.8) is 0 Å². The summed E-state index contributed by atoms with van der Waals surface area (Å²) in [7, 11) is 0. The number of rotatable bonds is 7. The van der Waals surface area contributed by atoms with Gasteiger partial charge >= 0.3 is 0 Å². The van der Waals surface area contributed by atoms with Crippen molar-refractivity contribution in [2.45, 2.75) is 39.7 Å². The van der Waals surface area contributed by atoms with Gasteiger partial charge in [0.15, 0.2) is 0 Å². The molecule has 0 aliphatic heterocycles. The Kier molecular flexibility index (Phi) is 8.14. The van der Waals surface area contributed by atoms with E-state index >= 15 is 0 Å². The molecule has 0 aliphatic carbocycles. The van der Waals surface area contributed by atoms with E-state index in [1.54, 1.807) is 0 Å². The summed E-state index contributed by atoms with van der Waals surface area (Å²) in [4.78, 5) is 0. The predicted octanol–water partition coefficient (Wildman–Crippen LogP) is 2.76. The zero-order valence-electron chi connectivity index (χ0n) is 8.89. The Hall–Kier alpha value is 0.310. The van der Waals surface area contributed by atoms with Crippen molar-refractivity contribution in [1.29, 1.82) is 0 Å². The molecule has 74 valence electrons. The molecule has 0 heterocycles. The average Bonchev–Trinajstić information content (AvgIpc) is 2.02. The maximum Gasteiger partial charge on any atom is 0.00387 e. The van der Waals surface area contributed by atoms with Gasteiger partial charge in [-0.1, -0.05) is 20.3 Å². The maximum atomic E-state index is 3.55. The van der Waals surface area contributed by atoms with E-state index in [1.807, 2.05) is 11.8 Å². The number of hydrogen-bond acceptors (Lipinski definition) is 2. The SMILES string of the molecule is CCCC(C)NCC(C)CSC. The molecule has 0 aromatic carbocycles. The van der Waals surface area contributed by atoms with Gasteiger partial charge in [-0.25, -0.2) is 0 Å². The highest BCUT2D eigenvalue weighted by Crippen LogP contribution is 2.03. The van der Waals surface area contributed by atoms with Crippen molar-refractivity contribution < 1.29 is 0 Å². The van der Waals surface area contributed by atoms with E-state index in [4.69, 9.17) is 0 Å². The van der Waals surface area contributed by atoms with Crippen LogP contribution in [0.4, 0.5) is 0 Å². The zero-order valence-corrected chi connectivity index (χ0v) is 9.71. The lowest BCUT2D eigenvalue weighted by Crippen LogP contribution is -2.30. The smallest absolute Gasteiger partial charge is 0.00387 e. The van der Waals surface area contributed by atoms with Gasteiger partial charge in [-0.3, -0.25) is 0 Å². The van der Waals surface area contributed by atoms with E-state index in [1.165, 1.54) is 25.1 Å². The normalized spacial score (nSPS) is 16.0. The molecular weight excluding hydrogens is 166 g/mol. The molecule has 0 saturated carbocycles. The number of nitrogens with one attached hydrogen (secondary N) is 1. The van der Waals surface area contributed by atoms with E-state index in [2.05, 4.69) is 32.3 Å². The van der Waals surface area contributed by atoms with Crippen molar-refractivity contribution >= 4 is 11.8 Å². The molecule has 2 atom stereocenters. The lowest BCUT2D eigenvalue weighted by Gasteiger charge is -2.16. The van der Waals surface area contributed by atoms with Crippen molar-refractivity contribution in [2.75, 3.05) is 18.6 Å². The molecule has 0 aromatic rings. The lowest BCUT2D eigenvalue weighted by atomic mass is 10.1. The topological polar surface area (TPSA) is 12.0 Å². The largest absolute Gasteiger partial charge is 0.314 e. The Bertz CT molecular complexity index is 83.8. The molecule has 1 N–H and O–H groups in total. The standard InChI is InChI=1S/C10H23NS/c1-5-6-10(3)11-7-9(2)8-12-4/h9-11H,5-8H2,1-4H3. The second-order valence-corrected chi connectivity index (χ2v) is 4.57. The summed E-state index contributed by atoms with van der Waals surface area (Å²) in [5.74, 6) is 2.07. The Morgan fingerprint density at radius 2 is 2.00 bits per heavy atom. The second-order valence-electron chi connectivity index (χ2n) is 3.66. The molecule has 12 heavy (non-hydrogen) atoms. The van der Waals surface area contributed by atoms with Crippen LogP contribution < -0.4 is 5.32 Å². The minimum absolute atomic E-state index is 0.694. The van der Waals surface area contributed by atoms with Gasteiger partial charge in [0, 0.05) is 6.04 Å². The molecule has 0 aliphatic rings. The molecule has 0 amide bonds. The summed E-state index contributed by atoms with van der Waals surface area (Å²) in [5, 5.41) is 3.55. The van der Waals surface area contributed by atoms with Crippen LogP contribution in [0.5, 0.6) is 0 Å². The van der Waals surface area contributed by atoms with Gasteiger partial charge in [0.2, 0.25) is 0 Å². The molecule has 0 radical (unpaired) electrons. The van der Waals surface area contributed by atoms with Crippen molar-refractivity contribution in [1.82, 2.24) is 5.32 Å². The summed E-state index contributed by atoms with van der Waals surface area (Å²) >= 11 is 1.93. The van der Waals surface area contributed by atoms with Crippen molar-refractivity contribution in [2.24, 2.45) is 5.92 Å². The van der Waals surface area contributed by atoms with Gasteiger partial charge in [0.1, 0.15) is 0 Å². The van der Waals surface area contributed by atoms with Crippen LogP contribution in [-0.4, -0.2) is 24.6 Å². The van der Waals surface area contributed by atoms with Crippen LogP contribution in [0.15, 0.2) is 0 Å². The molecule has 0 fully saturated rings. The first kappa shape index (κ1) is 12.3. The van der Waals surface area contributed by atoms with Gasteiger partial charge in [-0.05, 0) is 37.8 Å². The highest BCUT2D eigenvalue weighted by Gasteiger charge is 2.03. The fraction of sp³-hybridized carbons (Fsp3) is 1.00. The molecule has 0 bridgehead atoms. The molecule has 0 saturated heterocycles. The highest BCUT2D eigenvalue weighted by molar-refractivity contribution is 7.98. The third kappa shape index (κ3) is 6.99. The van der Waals surface area contributed by atoms with Crippen LogP contribution in [-0.2, 0) is 0 Å². The third-order valence-corrected chi connectivity index (χ3v) is 2.89. The summed E-state index contributed by atoms with van der Waals surface area (Å²) in [6, 6.07) is 0.694. The summed E-state index contributed by atoms with van der Waals surface area (Å²) in [6.45, 7) is 7.99. The zero-order chi connectivity index (χ0) is 9.40. The van der Waals surface area contributed by atoms with E-state index < -0.39 is 0 Å². The van der Waals surface area contributed by atoms with Gasteiger partial charge < -0.3 is 5.32 Å². The Labute approximate surface area is 81.7 Å². The predicted molar refractivity (Wildman–Crippen MR) is 59.9 cm³/mol. The quantitative estimate of drug-likeness (QED) is 0.661. The van der Waals surface area contributed by atoms with E-state index in [0.29, 0.717) is 6.04 Å². The van der Waals surface area contributed by atoms with Crippen molar-refractivity contribution in [3.05, 3.63) is 0 Å². The van der Waals surface area contributed by atoms with Crippen LogP contribution in [0.3, 0.4) is 0 Å². The first-order valence-electron chi connectivity index (χ1n) is 4.93. The molecule has 1 nitrogen and oxygen atoms in total. The first-order chi connectivity index (χ1) is 5.70. The van der Waals surface area contributed by atoms with Gasteiger partial charge in [0.05, 0.1) is 0 Å². The van der Waals surface area contributed by atoms with Crippen LogP contribution >= 0.6 is 11.8 Å². The van der Waals surface area contributed by atoms with E-state index in [-0.39, 0.29) is 0 Å². The molecule has 0 rings (SSSR count). The molecule has 0 spiro atoms. The minimum Gasteiger partial charge on any atom is -0.314 e. The Balaban J connectivity index is 3.27. The fourth-order valence-corrected chi connectivity index (χ4v) is 1.97. The summed E-state index contributed by atoms with van der Waals surface area (Å²) in [5.41, 5.74) is 0. The van der Waals surface area contributed by atoms with Gasteiger partial charge in [-0.2, -0.15) is 11.8 Å². The summed E-state index contributed by atoms with van der Waals surface area (Å²) in [6.07, 6.45) is 4.75. The molecule has 2 heteroatoms. The molecular formula is C10H23NS. The molecule has 0 aromatic heterocycles. The Morgan fingerprint density at radius 3 is 2.50 bits per heavy atom. The van der Waals surface area contributed by atoms with Crippen LogP contribution in [0.1, 0.15) is 33.6 Å². The van der Waals surface area contributed by atoms with Crippen LogP contribution in [0.25, 0.3) is 0 Å². The van der Waals surface area contributed by atoms with Gasteiger partial charge in [-0.15, -0.1) is 0 Å². The van der Waals surface area contributed by atoms with E-state index in [9.17, 15) is 0 Å². The lowest BCUT2D eigenvalue weighted by molar-refractivity contribution is 0.464. The van der Waals surface area contributed by atoms with Crippen molar-refractivity contribution in [3.8, 4) is 0 Å². The minimum atomic E-state index is 0.694. The molecule has 2 unspecified atom stereocenters. The van der Waals surface area contributed by atoms with Crippen LogP contribution in [0, 0.1) is 5.92 Å². The monoisotopic (exact) mass is 189 g/mol. The van der Waals surface area contributed by atoms with Gasteiger partial charge in [0.25, 0.3) is 0 Å². The second kappa shape index (κ2) is 7.93. The number of thioether (sulfide) groups is 1. The van der Waals surface area contributed by atoms with E-state index in [0.717, 1.165) is 5.92 Å². The fourth-order valence-electron chi connectivity index (χ4n) is 1.28. The third-order valence-electron chi connectivity index (χ3n) is 1.99. The van der Waals surface area contributed by atoms with Crippen LogP contribution in [0.2, 0.25) is 0 Å². The number of hydrogen-bond donors (Lipinski definition) is 1. The first-order valence-corrected chi connectivity index (χ1v) is 6.32. The summed E-state index contributed by atoms with van der Waals surface area (Å²) < 4.78 is 0.